The van der Waals surface area contributed by atoms with Crippen molar-refractivity contribution < 1.29 is 4.79 Å². The summed E-state index contributed by atoms with van der Waals surface area (Å²) < 4.78 is 0. The Balaban J connectivity index is 2.15. The average Bonchev–Trinajstić information content (AvgIpc) is 2.60. The van der Waals surface area contributed by atoms with E-state index in [1.165, 1.54) is 6.20 Å². The number of pyridine rings is 1. The van der Waals surface area contributed by atoms with Crippen molar-refractivity contribution in [3.05, 3.63) is 47.4 Å². The van der Waals surface area contributed by atoms with Crippen molar-refractivity contribution in [1.82, 2.24) is 20.5 Å². The largest absolute Gasteiger partial charge is 0.396 e. The van der Waals surface area contributed by atoms with Crippen LogP contribution in [0.15, 0.2) is 36.7 Å². The van der Waals surface area contributed by atoms with E-state index in [4.69, 9.17) is 17.3 Å². The number of halogens is 1. The van der Waals surface area contributed by atoms with Crippen LogP contribution in [0.1, 0.15) is 23.8 Å². The number of benzene rings is 1. The lowest BCUT2D eigenvalue weighted by atomic mass is 10.0. The van der Waals surface area contributed by atoms with Gasteiger partial charge in [0.25, 0.3) is 5.91 Å². The van der Waals surface area contributed by atoms with Gasteiger partial charge in [0.1, 0.15) is 5.69 Å². The van der Waals surface area contributed by atoms with Crippen LogP contribution in [0.2, 0.25) is 5.02 Å². The molecule has 6 nitrogen and oxygen atoms in total. The van der Waals surface area contributed by atoms with Crippen molar-refractivity contribution in [3.63, 3.8) is 0 Å². The highest BCUT2D eigenvalue weighted by Crippen LogP contribution is 2.33. The molecule has 0 radical (unpaired) electrons. The van der Waals surface area contributed by atoms with Crippen molar-refractivity contribution in [2.24, 2.45) is 0 Å². The van der Waals surface area contributed by atoms with Gasteiger partial charge in [-0.05, 0) is 12.5 Å². The van der Waals surface area contributed by atoms with Crippen LogP contribution in [0.3, 0.4) is 0 Å². The van der Waals surface area contributed by atoms with Crippen LogP contribution >= 0.6 is 11.6 Å². The molecule has 0 saturated carbocycles. The summed E-state index contributed by atoms with van der Waals surface area (Å²) in [4.78, 5) is 16.4. The highest BCUT2D eigenvalue weighted by atomic mass is 35.5. The molecule has 122 valence electrons. The molecule has 3 aromatic rings. The molecule has 0 spiro atoms. The van der Waals surface area contributed by atoms with Gasteiger partial charge in [0, 0.05) is 29.1 Å². The second-order valence-electron chi connectivity index (χ2n) is 5.27. The minimum absolute atomic E-state index is 0.221. The first kappa shape index (κ1) is 16.1. The number of rotatable bonds is 4. The number of nitrogens with zero attached hydrogens (tertiary/aromatic N) is 3. The van der Waals surface area contributed by atoms with Gasteiger partial charge in [0.2, 0.25) is 0 Å². The van der Waals surface area contributed by atoms with Gasteiger partial charge in [-0.15, -0.1) is 5.10 Å². The second kappa shape index (κ2) is 6.80. The molecule has 0 fully saturated rings. The number of anilines is 1. The van der Waals surface area contributed by atoms with Gasteiger partial charge in [-0.1, -0.05) is 36.7 Å². The van der Waals surface area contributed by atoms with Gasteiger partial charge in [0.05, 0.1) is 16.9 Å². The molecule has 2 aromatic heterocycles. The van der Waals surface area contributed by atoms with Crippen LogP contribution in [0.25, 0.3) is 22.0 Å². The molecule has 1 aromatic carbocycles. The third-order valence-corrected chi connectivity index (χ3v) is 3.96. The summed E-state index contributed by atoms with van der Waals surface area (Å²) in [6.45, 7) is 2.56. The van der Waals surface area contributed by atoms with E-state index in [0.717, 1.165) is 22.8 Å². The molecule has 0 aliphatic carbocycles. The third-order valence-electron chi connectivity index (χ3n) is 3.65. The number of nitrogens with two attached hydrogens (primary N) is 1. The first-order valence-electron chi connectivity index (χ1n) is 7.56. The monoisotopic (exact) mass is 341 g/mol. The Kier molecular flexibility index (Phi) is 4.57. The predicted molar refractivity (Wildman–Crippen MR) is 94.8 cm³/mol. The molecule has 3 N–H and O–H groups in total. The molecular formula is C17H16ClN5O. The van der Waals surface area contributed by atoms with Crippen molar-refractivity contribution in [3.8, 4) is 11.3 Å². The fraction of sp³-hybridized carbons (Fsp3) is 0.176. The van der Waals surface area contributed by atoms with Crippen molar-refractivity contribution in [1.29, 1.82) is 0 Å². The lowest BCUT2D eigenvalue weighted by Gasteiger charge is -2.11. The quantitative estimate of drug-likeness (QED) is 0.760. The Morgan fingerprint density at radius 2 is 2.12 bits per heavy atom. The SMILES string of the molecule is CCCNC(=O)c1ncc2c(-c3nnccc3Cl)cccc2c1N. The van der Waals surface area contributed by atoms with E-state index >= 15 is 0 Å². The summed E-state index contributed by atoms with van der Waals surface area (Å²) in [5.74, 6) is -0.279. The number of hydrogen-bond acceptors (Lipinski definition) is 5. The smallest absolute Gasteiger partial charge is 0.272 e. The van der Waals surface area contributed by atoms with E-state index in [2.05, 4.69) is 20.5 Å². The summed E-state index contributed by atoms with van der Waals surface area (Å²) in [6.07, 6.45) is 3.99. The number of amides is 1. The fourth-order valence-corrected chi connectivity index (χ4v) is 2.67. The predicted octanol–water partition coefficient (Wildman–Crippen LogP) is 3.07. The zero-order chi connectivity index (χ0) is 17.1. The summed E-state index contributed by atoms with van der Waals surface area (Å²) in [5, 5.41) is 12.7. The molecule has 1 amide bonds. The minimum atomic E-state index is -0.279. The Morgan fingerprint density at radius 3 is 2.88 bits per heavy atom. The van der Waals surface area contributed by atoms with Crippen molar-refractivity contribution in [2.45, 2.75) is 13.3 Å². The molecular weight excluding hydrogens is 326 g/mol. The molecule has 0 saturated heterocycles. The standard InChI is InChI=1S/C17H16ClN5O/c1-2-7-20-17(24)16-14(19)10-4-3-5-11(12(10)9-21-16)15-13(18)6-8-22-23-15/h3-6,8-9H,2,7,19H2,1H3,(H,20,24). The van der Waals surface area contributed by atoms with E-state index in [-0.39, 0.29) is 11.6 Å². The molecule has 0 aliphatic heterocycles. The van der Waals surface area contributed by atoms with Crippen LogP contribution < -0.4 is 11.1 Å². The number of fused-ring (bicyclic) bond motifs is 1. The first-order chi connectivity index (χ1) is 11.6. The van der Waals surface area contributed by atoms with Crippen LogP contribution in [-0.2, 0) is 0 Å². The number of aromatic nitrogens is 3. The lowest BCUT2D eigenvalue weighted by Crippen LogP contribution is -2.26. The summed E-state index contributed by atoms with van der Waals surface area (Å²) in [7, 11) is 0. The zero-order valence-electron chi connectivity index (χ0n) is 13.1. The maximum Gasteiger partial charge on any atom is 0.272 e. The third kappa shape index (κ3) is 2.88. The molecule has 24 heavy (non-hydrogen) atoms. The van der Waals surface area contributed by atoms with Crippen LogP contribution in [0, 0.1) is 0 Å². The van der Waals surface area contributed by atoms with Gasteiger partial charge in [-0.2, -0.15) is 5.10 Å². The fourth-order valence-electron chi connectivity index (χ4n) is 2.47. The van der Waals surface area contributed by atoms with Gasteiger partial charge in [-0.25, -0.2) is 4.98 Å². The average molecular weight is 342 g/mol. The van der Waals surface area contributed by atoms with Gasteiger partial charge >= 0.3 is 0 Å². The molecule has 0 bridgehead atoms. The van der Waals surface area contributed by atoms with E-state index in [1.54, 1.807) is 12.3 Å². The zero-order valence-corrected chi connectivity index (χ0v) is 13.8. The number of carbonyl (C=O) groups is 1. The number of carbonyl (C=O) groups excluding carboxylic acids is 1. The summed E-state index contributed by atoms with van der Waals surface area (Å²) in [6, 6.07) is 7.23. The van der Waals surface area contributed by atoms with Gasteiger partial charge in [0.15, 0.2) is 5.69 Å². The number of hydrogen-bond donors (Lipinski definition) is 2. The summed E-state index contributed by atoms with van der Waals surface area (Å²) in [5.41, 5.74) is 8.06. The Hall–Kier alpha value is -2.73. The molecule has 2 heterocycles. The molecule has 0 atom stereocenters. The molecule has 3 rings (SSSR count). The number of nitrogen functional groups attached to an aromatic ring is 1. The van der Waals surface area contributed by atoms with E-state index in [9.17, 15) is 4.79 Å². The maximum absolute atomic E-state index is 12.2. The first-order valence-corrected chi connectivity index (χ1v) is 7.94. The normalized spacial score (nSPS) is 10.8. The van der Waals surface area contributed by atoms with E-state index in [0.29, 0.717) is 22.9 Å². The van der Waals surface area contributed by atoms with Crippen LogP contribution in [0.4, 0.5) is 5.69 Å². The summed E-state index contributed by atoms with van der Waals surface area (Å²) >= 11 is 6.22. The molecule has 0 unspecified atom stereocenters. The van der Waals surface area contributed by atoms with E-state index in [1.807, 2.05) is 25.1 Å². The van der Waals surface area contributed by atoms with Gasteiger partial charge < -0.3 is 11.1 Å². The maximum atomic E-state index is 12.2. The highest BCUT2D eigenvalue weighted by molar-refractivity contribution is 6.33. The van der Waals surface area contributed by atoms with Gasteiger partial charge in [-0.3, -0.25) is 4.79 Å². The highest BCUT2D eigenvalue weighted by Gasteiger charge is 2.16. The van der Waals surface area contributed by atoms with Crippen LogP contribution in [-0.4, -0.2) is 27.6 Å². The Labute approximate surface area is 144 Å². The Morgan fingerprint density at radius 1 is 1.29 bits per heavy atom. The molecule has 7 heteroatoms. The Bertz CT molecular complexity index is 913. The second-order valence-corrected chi connectivity index (χ2v) is 5.68. The van der Waals surface area contributed by atoms with Crippen molar-refractivity contribution >= 4 is 34.0 Å². The minimum Gasteiger partial charge on any atom is -0.396 e. The molecule has 0 aliphatic rings. The topological polar surface area (TPSA) is 93.8 Å². The van der Waals surface area contributed by atoms with Crippen LogP contribution in [0.5, 0.6) is 0 Å². The van der Waals surface area contributed by atoms with Crippen molar-refractivity contribution in [2.75, 3.05) is 12.3 Å². The van der Waals surface area contributed by atoms with E-state index < -0.39 is 0 Å². The lowest BCUT2D eigenvalue weighted by molar-refractivity contribution is 0.0950. The number of nitrogens with one attached hydrogen (secondary N) is 1.